The number of carbonyl (C=O) groups is 2. The largest absolute Gasteiger partial charge is 0.450 e. The summed E-state index contributed by atoms with van der Waals surface area (Å²) < 4.78 is 5.81. The van der Waals surface area contributed by atoms with Crippen LogP contribution in [0.3, 0.4) is 0 Å². The molecular weight excluding hydrogens is 586 g/mol. The summed E-state index contributed by atoms with van der Waals surface area (Å²) in [6, 6.07) is 20.2. The van der Waals surface area contributed by atoms with Crippen molar-refractivity contribution >= 4 is 22.9 Å². The Bertz CT molecular complexity index is 1780. The Morgan fingerprint density at radius 2 is 1.33 bits per heavy atom. The first-order valence-corrected chi connectivity index (χ1v) is 15.3. The van der Waals surface area contributed by atoms with Crippen LogP contribution in [-0.4, -0.2) is 26.3 Å². The third-order valence-electron chi connectivity index (χ3n) is 9.00. The Hall–Kier alpha value is -5.12. The lowest BCUT2D eigenvalue weighted by atomic mass is 9.63. The molecule has 0 fully saturated rings. The number of carbonyl (C=O) groups excluding carboxylic acids is 2. The first-order valence-electron chi connectivity index (χ1n) is 15.3. The molecule has 2 aliphatic carbocycles. The maximum Gasteiger partial charge on any atom is 0.318 e. The number of non-ortho nitro benzene ring substituents is 1. The molecule has 3 aromatic carbocycles. The highest BCUT2D eigenvalue weighted by atomic mass is 16.6. The molecular formula is C36H35N3O7. The first-order chi connectivity index (χ1) is 21.7. The van der Waals surface area contributed by atoms with Crippen molar-refractivity contribution in [2.45, 2.75) is 65.8 Å². The lowest BCUT2D eigenvalue weighted by molar-refractivity contribution is -0.394. The smallest absolute Gasteiger partial charge is 0.318 e. The summed E-state index contributed by atoms with van der Waals surface area (Å²) in [5.41, 5.74) is 3.63. The van der Waals surface area contributed by atoms with Crippen molar-refractivity contribution < 1.29 is 24.2 Å². The molecule has 236 valence electrons. The van der Waals surface area contributed by atoms with E-state index < -0.39 is 27.1 Å². The Morgan fingerprint density at radius 1 is 0.761 bits per heavy atom. The molecule has 0 N–H and O–H groups in total. The molecule has 10 heteroatoms. The van der Waals surface area contributed by atoms with Crippen molar-refractivity contribution in [3.8, 4) is 11.5 Å². The van der Waals surface area contributed by atoms with Crippen LogP contribution < -0.4 is 4.74 Å². The molecule has 1 aliphatic heterocycles. The second kappa shape index (κ2) is 11.3. The highest BCUT2D eigenvalue weighted by Gasteiger charge is 2.49. The number of benzene rings is 3. The second-order valence-electron chi connectivity index (χ2n) is 13.9. The monoisotopic (exact) mass is 621 g/mol. The van der Waals surface area contributed by atoms with E-state index >= 15 is 0 Å². The zero-order chi connectivity index (χ0) is 33.0. The van der Waals surface area contributed by atoms with E-state index in [2.05, 4.69) is 44.7 Å². The van der Waals surface area contributed by atoms with Gasteiger partial charge in [0.15, 0.2) is 11.6 Å². The van der Waals surface area contributed by atoms with Gasteiger partial charge in [0.05, 0.1) is 15.9 Å². The fourth-order valence-corrected chi connectivity index (χ4v) is 7.04. The van der Waals surface area contributed by atoms with Crippen LogP contribution >= 0.6 is 0 Å². The molecule has 3 aromatic rings. The van der Waals surface area contributed by atoms with E-state index in [1.165, 1.54) is 6.07 Å². The predicted molar refractivity (Wildman–Crippen MR) is 171 cm³/mol. The molecule has 6 rings (SSSR count). The van der Waals surface area contributed by atoms with Crippen LogP contribution in [0.25, 0.3) is 0 Å². The minimum atomic E-state index is -0.728. The number of hydrogen-bond acceptors (Lipinski definition) is 8. The quantitative estimate of drug-likeness (QED) is 0.190. The zero-order valence-electron chi connectivity index (χ0n) is 26.2. The van der Waals surface area contributed by atoms with Crippen molar-refractivity contribution in [3.05, 3.63) is 127 Å². The first kappa shape index (κ1) is 30.9. The van der Waals surface area contributed by atoms with Crippen LogP contribution in [0.15, 0.2) is 95.3 Å². The number of hydrogen-bond donors (Lipinski definition) is 0. The number of nitro groups is 2. The molecule has 10 nitrogen and oxygen atoms in total. The van der Waals surface area contributed by atoms with E-state index in [9.17, 15) is 29.8 Å². The molecule has 0 spiro atoms. The lowest BCUT2D eigenvalue weighted by Gasteiger charge is -2.49. The number of ether oxygens (including phenoxy) is 1. The van der Waals surface area contributed by atoms with Gasteiger partial charge in [-0.3, -0.25) is 29.8 Å². The minimum absolute atomic E-state index is 0.0281. The van der Waals surface area contributed by atoms with Gasteiger partial charge >= 0.3 is 5.69 Å². The van der Waals surface area contributed by atoms with Crippen molar-refractivity contribution in [3.63, 3.8) is 0 Å². The number of Topliss-reactive ketones (excluding diaryl/α,β-unsaturated/α-hetero) is 2. The van der Waals surface area contributed by atoms with E-state index in [0.29, 0.717) is 43.4 Å². The summed E-state index contributed by atoms with van der Waals surface area (Å²) in [4.78, 5) is 51.7. The third-order valence-corrected chi connectivity index (χ3v) is 9.00. The van der Waals surface area contributed by atoms with Gasteiger partial charge < -0.3 is 9.64 Å². The summed E-state index contributed by atoms with van der Waals surface area (Å²) in [6.45, 7) is 8.97. The Kier molecular flexibility index (Phi) is 7.62. The molecule has 0 bridgehead atoms. The molecule has 0 saturated heterocycles. The SMILES string of the molecule is CC1(C)CC(=O)C2=C(C1)N(Cc1ccccc1)C1=C(C(=O)CC(C)(C)C1)C2c1ccc(Oc2ccc([N+](=O)[O-])cc2[N+](=O)[O-])cc1. The summed E-state index contributed by atoms with van der Waals surface area (Å²) >= 11 is 0. The van der Waals surface area contributed by atoms with E-state index in [-0.39, 0.29) is 33.9 Å². The summed E-state index contributed by atoms with van der Waals surface area (Å²) in [6.07, 6.45) is 2.12. The van der Waals surface area contributed by atoms with Gasteiger partial charge in [-0.2, -0.15) is 0 Å². The molecule has 0 atom stereocenters. The topological polar surface area (TPSA) is 133 Å². The van der Waals surface area contributed by atoms with E-state index in [0.717, 1.165) is 34.7 Å². The molecule has 0 unspecified atom stereocenters. The van der Waals surface area contributed by atoms with Crippen LogP contribution in [0, 0.1) is 31.1 Å². The van der Waals surface area contributed by atoms with Gasteiger partial charge in [-0.15, -0.1) is 0 Å². The molecule has 0 radical (unpaired) electrons. The minimum Gasteiger partial charge on any atom is -0.450 e. The summed E-state index contributed by atoms with van der Waals surface area (Å²) in [5, 5.41) is 22.8. The molecule has 1 heterocycles. The van der Waals surface area contributed by atoms with Gasteiger partial charge in [-0.05, 0) is 53.0 Å². The standard InChI is InChI=1S/C36H35N3O7/c1-35(2)17-27-33(29(40)19-35)32(34-28(18-36(3,4)20-30(34)41)37(27)21-22-8-6-5-7-9-22)23-10-13-25(14-11-23)46-31-15-12-24(38(42)43)16-26(31)39(44)45/h5-16,32H,17-21H2,1-4H3. The average Bonchev–Trinajstić information content (AvgIpc) is 2.97. The molecule has 0 amide bonds. The van der Waals surface area contributed by atoms with Crippen LogP contribution in [0.4, 0.5) is 11.4 Å². The number of nitrogens with zero attached hydrogens (tertiary/aromatic N) is 3. The van der Waals surface area contributed by atoms with Crippen molar-refractivity contribution in [1.29, 1.82) is 0 Å². The van der Waals surface area contributed by atoms with Gasteiger partial charge in [-0.25, -0.2) is 0 Å². The Morgan fingerprint density at radius 3 is 1.85 bits per heavy atom. The normalized spacial score (nSPS) is 19.1. The lowest BCUT2D eigenvalue weighted by Crippen LogP contribution is -2.44. The second-order valence-corrected chi connectivity index (χ2v) is 13.9. The number of allylic oxidation sites excluding steroid dienone is 4. The van der Waals surface area contributed by atoms with Crippen LogP contribution in [0.2, 0.25) is 0 Å². The maximum absolute atomic E-state index is 14.1. The van der Waals surface area contributed by atoms with Gasteiger partial charge in [0.25, 0.3) is 5.69 Å². The van der Waals surface area contributed by atoms with E-state index in [1.54, 1.807) is 24.3 Å². The third kappa shape index (κ3) is 5.82. The van der Waals surface area contributed by atoms with Gasteiger partial charge in [0.1, 0.15) is 5.75 Å². The molecule has 46 heavy (non-hydrogen) atoms. The van der Waals surface area contributed by atoms with Gasteiger partial charge in [-0.1, -0.05) is 70.2 Å². The maximum atomic E-state index is 14.1. The molecule has 3 aliphatic rings. The van der Waals surface area contributed by atoms with E-state index in [4.69, 9.17) is 4.74 Å². The van der Waals surface area contributed by atoms with Crippen molar-refractivity contribution in [2.75, 3.05) is 0 Å². The molecule has 0 aromatic heterocycles. The highest BCUT2D eigenvalue weighted by Crippen LogP contribution is 2.55. The van der Waals surface area contributed by atoms with Gasteiger partial charge in [0.2, 0.25) is 5.75 Å². The Labute approximate surface area is 266 Å². The van der Waals surface area contributed by atoms with Crippen molar-refractivity contribution in [2.24, 2.45) is 10.8 Å². The summed E-state index contributed by atoms with van der Waals surface area (Å²) in [5.74, 6) is -0.354. The van der Waals surface area contributed by atoms with Crippen LogP contribution in [0.5, 0.6) is 11.5 Å². The molecule has 0 saturated carbocycles. The average molecular weight is 622 g/mol. The Balaban J connectivity index is 1.45. The number of rotatable bonds is 7. The fourth-order valence-electron chi connectivity index (χ4n) is 7.04. The predicted octanol–water partition coefficient (Wildman–Crippen LogP) is 8.18. The van der Waals surface area contributed by atoms with Crippen molar-refractivity contribution in [1.82, 2.24) is 4.90 Å². The van der Waals surface area contributed by atoms with E-state index in [1.807, 2.05) is 18.2 Å². The highest BCUT2D eigenvalue weighted by molar-refractivity contribution is 6.06. The fraction of sp³-hybridized carbons (Fsp3) is 0.333. The van der Waals surface area contributed by atoms with Crippen LogP contribution in [0.1, 0.15) is 70.4 Å². The van der Waals surface area contributed by atoms with Crippen LogP contribution in [-0.2, 0) is 16.1 Å². The summed E-state index contributed by atoms with van der Waals surface area (Å²) in [7, 11) is 0. The zero-order valence-corrected chi connectivity index (χ0v) is 26.2. The number of nitro benzene ring substituents is 2. The van der Waals surface area contributed by atoms with Gasteiger partial charge in [0, 0.05) is 53.9 Å². The number of ketones is 2.